The monoisotopic (exact) mass is 239 g/mol. The maximum absolute atomic E-state index is 6.09. The molecule has 0 amide bonds. The molecule has 2 N–H and O–H groups in total. The van der Waals surface area contributed by atoms with Gasteiger partial charge in [0.25, 0.3) is 0 Å². The number of likely N-dealkylation sites (tertiary alicyclic amines) is 2. The van der Waals surface area contributed by atoms with E-state index in [9.17, 15) is 0 Å². The van der Waals surface area contributed by atoms with Crippen LogP contribution in [-0.2, 0) is 0 Å². The van der Waals surface area contributed by atoms with Crippen molar-refractivity contribution in [3.63, 3.8) is 0 Å². The summed E-state index contributed by atoms with van der Waals surface area (Å²) in [4.78, 5) is 5.29. The SMILES string of the molecule is CC(C)N1CCCC(N2CCCC(N)C2)CC1. The molecule has 17 heavy (non-hydrogen) atoms. The summed E-state index contributed by atoms with van der Waals surface area (Å²) < 4.78 is 0. The Hall–Kier alpha value is -0.120. The second kappa shape index (κ2) is 6.17. The van der Waals surface area contributed by atoms with Crippen LogP contribution in [0, 0.1) is 0 Å². The van der Waals surface area contributed by atoms with Crippen LogP contribution < -0.4 is 5.73 Å². The van der Waals surface area contributed by atoms with Crippen molar-refractivity contribution in [1.82, 2.24) is 9.80 Å². The first-order valence-electron chi connectivity index (χ1n) is 7.40. The van der Waals surface area contributed by atoms with Crippen LogP contribution in [0.25, 0.3) is 0 Å². The van der Waals surface area contributed by atoms with Crippen LogP contribution in [0.5, 0.6) is 0 Å². The smallest absolute Gasteiger partial charge is 0.0168 e. The molecule has 3 nitrogen and oxygen atoms in total. The van der Waals surface area contributed by atoms with E-state index in [-0.39, 0.29) is 0 Å². The number of hydrogen-bond donors (Lipinski definition) is 1. The molecule has 0 radical (unpaired) electrons. The highest BCUT2D eigenvalue weighted by Crippen LogP contribution is 2.21. The fourth-order valence-corrected chi connectivity index (χ4v) is 3.35. The maximum atomic E-state index is 6.09. The largest absolute Gasteiger partial charge is 0.327 e. The minimum atomic E-state index is 0.424. The Bertz CT molecular complexity index is 230. The summed E-state index contributed by atoms with van der Waals surface area (Å²) in [5.41, 5.74) is 6.09. The summed E-state index contributed by atoms with van der Waals surface area (Å²) in [7, 11) is 0. The lowest BCUT2D eigenvalue weighted by Gasteiger charge is -2.37. The van der Waals surface area contributed by atoms with Gasteiger partial charge >= 0.3 is 0 Å². The lowest BCUT2D eigenvalue weighted by molar-refractivity contribution is 0.134. The molecule has 3 heteroatoms. The van der Waals surface area contributed by atoms with Gasteiger partial charge in [-0.05, 0) is 65.6 Å². The van der Waals surface area contributed by atoms with E-state index < -0.39 is 0 Å². The van der Waals surface area contributed by atoms with E-state index in [4.69, 9.17) is 5.73 Å². The molecular formula is C14H29N3. The third kappa shape index (κ3) is 3.67. The van der Waals surface area contributed by atoms with Gasteiger partial charge < -0.3 is 10.6 Å². The van der Waals surface area contributed by atoms with Crippen molar-refractivity contribution in [2.45, 2.75) is 64.1 Å². The van der Waals surface area contributed by atoms with Gasteiger partial charge in [-0.1, -0.05) is 0 Å². The normalized spacial score (nSPS) is 33.9. The molecule has 2 aliphatic rings. The molecule has 0 saturated carbocycles. The van der Waals surface area contributed by atoms with Gasteiger partial charge in [-0.3, -0.25) is 4.90 Å². The molecule has 2 rings (SSSR count). The van der Waals surface area contributed by atoms with Gasteiger partial charge in [0.2, 0.25) is 0 Å². The van der Waals surface area contributed by atoms with Crippen molar-refractivity contribution >= 4 is 0 Å². The highest BCUT2D eigenvalue weighted by Gasteiger charge is 2.26. The number of rotatable bonds is 2. The molecule has 0 bridgehead atoms. The minimum absolute atomic E-state index is 0.424. The zero-order valence-corrected chi connectivity index (χ0v) is 11.6. The topological polar surface area (TPSA) is 32.5 Å². The Morgan fingerprint density at radius 3 is 2.47 bits per heavy atom. The van der Waals surface area contributed by atoms with E-state index >= 15 is 0 Å². The Labute approximate surface area is 106 Å². The quantitative estimate of drug-likeness (QED) is 0.795. The van der Waals surface area contributed by atoms with E-state index in [0.29, 0.717) is 12.1 Å². The van der Waals surface area contributed by atoms with Crippen molar-refractivity contribution < 1.29 is 0 Å². The molecule has 2 heterocycles. The lowest BCUT2D eigenvalue weighted by atomic mass is 10.0. The van der Waals surface area contributed by atoms with E-state index in [0.717, 1.165) is 12.6 Å². The third-order valence-electron chi connectivity index (χ3n) is 4.47. The third-order valence-corrected chi connectivity index (χ3v) is 4.47. The van der Waals surface area contributed by atoms with E-state index in [1.165, 1.54) is 51.7 Å². The van der Waals surface area contributed by atoms with Crippen LogP contribution in [0.15, 0.2) is 0 Å². The molecular weight excluding hydrogens is 210 g/mol. The van der Waals surface area contributed by atoms with E-state index in [2.05, 4.69) is 23.6 Å². The number of nitrogens with zero attached hydrogens (tertiary/aromatic N) is 2. The summed E-state index contributed by atoms with van der Waals surface area (Å²) in [6.45, 7) is 9.60. The van der Waals surface area contributed by atoms with Crippen molar-refractivity contribution in [3.05, 3.63) is 0 Å². The van der Waals surface area contributed by atoms with Crippen LogP contribution in [0.2, 0.25) is 0 Å². The van der Waals surface area contributed by atoms with Gasteiger partial charge in [-0.15, -0.1) is 0 Å². The van der Waals surface area contributed by atoms with Crippen LogP contribution in [0.1, 0.15) is 46.0 Å². The fourth-order valence-electron chi connectivity index (χ4n) is 3.35. The van der Waals surface area contributed by atoms with Gasteiger partial charge in [0.05, 0.1) is 0 Å². The zero-order valence-electron chi connectivity index (χ0n) is 11.6. The highest BCUT2D eigenvalue weighted by molar-refractivity contribution is 4.84. The number of piperidine rings is 1. The van der Waals surface area contributed by atoms with E-state index in [1.54, 1.807) is 0 Å². The standard InChI is InChI=1S/C14H29N3/c1-12(2)16-8-4-6-14(7-10-16)17-9-3-5-13(15)11-17/h12-14H,3-11,15H2,1-2H3. The summed E-state index contributed by atoms with van der Waals surface area (Å²) in [5.74, 6) is 0. The molecule has 0 aliphatic carbocycles. The second-order valence-corrected chi connectivity index (χ2v) is 6.11. The molecule has 0 aromatic carbocycles. The molecule has 2 unspecified atom stereocenters. The molecule has 0 spiro atoms. The summed E-state index contributed by atoms with van der Waals surface area (Å²) in [6.07, 6.45) is 6.59. The van der Waals surface area contributed by atoms with Gasteiger partial charge in [0.1, 0.15) is 0 Å². The predicted molar refractivity (Wildman–Crippen MR) is 73.1 cm³/mol. The van der Waals surface area contributed by atoms with Crippen molar-refractivity contribution in [1.29, 1.82) is 0 Å². The molecule has 2 fully saturated rings. The van der Waals surface area contributed by atoms with Crippen LogP contribution in [0.3, 0.4) is 0 Å². The molecule has 2 aliphatic heterocycles. The first kappa shape index (κ1) is 13.3. The van der Waals surface area contributed by atoms with Crippen LogP contribution >= 0.6 is 0 Å². The summed E-state index contributed by atoms with van der Waals surface area (Å²) in [6, 6.07) is 1.93. The van der Waals surface area contributed by atoms with Crippen molar-refractivity contribution in [2.24, 2.45) is 5.73 Å². The maximum Gasteiger partial charge on any atom is 0.0168 e. The molecule has 2 saturated heterocycles. The number of hydrogen-bond acceptors (Lipinski definition) is 3. The molecule has 2 atom stereocenters. The van der Waals surface area contributed by atoms with Gasteiger partial charge in [0.15, 0.2) is 0 Å². The molecule has 0 aromatic heterocycles. The van der Waals surface area contributed by atoms with Crippen LogP contribution in [0.4, 0.5) is 0 Å². The average Bonchev–Trinajstić information content (AvgIpc) is 2.54. The fraction of sp³-hybridized carbons (Fsp3) is 1.00. The average molecular weight is 239 g/mol. The molecule has 0 aromatic rings. The van der Waals surface area contributed by atoms with E-state index in [1.807, 2.05) is 0 Å². The van der Waals surface area contributed by atoms with Crippen molar-refractivity contribution in [2.75, 3.05) is 26.2 Å². The first-order valence-corrected chi connectivity index (χ1v) is 7.40. The van der Waals surface area contributed by atoms with Gasteiger partial charge in [-0.25, -0.2) is 0 Å². The van der Waals surface area contributed by atoms with Crippen molar-refractivity contribution in [3.8, 4) is 0 Å². The minimum Gasteiger partial charge on any atom is -0.327 e. The summed E-state index contributed by atoms with van der Waals surface area (Å²) >= 11 is 0. The van der Waals surface area contributed by atoms with Gasteiger partial charge in [0, 0.05) is 24.7 Å². The summed E-state index contributed by atoms with van der Waals surface area (Å²) in [5, 5.41) is 0. The first-order chi connectivity index (χ1) is 8.16. The Balaban J connectivity index is 1.85. The predicted octanol–water partition coefficient (Wildman–Crippen LogP) is 1.67. The lowest BCUT2D eigenvalue weighted by Crippen LogP contribution is -2.48. The Morgan fingerprint density at radius 2 is 1.76 bits per heavy atom. The highest BCUT2D eigenvalue weighted by atomic mass is 15.2. The van der Waals surface area contributed by atoms with Crippen LogP contribution in [-0.4, -0.2) is 54.1 Å². The second-order valence-electron chi connectivity index (χ2n) is 6.11. The number of nitrogens with two attached hydrogens (primary N) is 1. The van der Waals surface area contributed by atoms with Gasteiger partial charge in [-0.2, -0.15) is 0 Å². The Morgan fingerprint density at radius 1 is 1.00 bits per heavy atom. The molecule has 100 valence electrons. The zero-order chi connectivity index (χ0) is 12.3. The Kier molecular flexibility index (Phi) is 4.83.